The summed E-state index contributed by atoms with van der Waals surface area (Å²) < 4.78 is 0. The number of amides is 2. The Morgan fingerprint density at radius 3 is 2.57 bits per heavy atom. The molecule has 6 nitrogen and oxygen atoms in total. The zero-order valence-electron chi connectivity index (χ0n) is 11.7. The van der Waals surface area contributed by atoms with E-state index in [1.165, 1.54) is 0 Å². The minimum absolute atomic E-state index is 0.160. The molecule has 2 rings (SSSR count). The van der Waals surface area contributed by atoms with Gasteiger partial charge in [0, 0.05) is 5.56 Å². The maximum absolute atomic E-state index is 11.8. The van der Waals surface area contributed by atoms with Gasteiger partial charge in [-0.05, 0) is 31.4 Å². The summed E-state index contributed by atoms with van der Waals surface area (Å²) in [5.74, 6) is -0.701. The summed E-state index contributed by atoms with van der Waals surface area (Å²) in [5, 5.41) is 24.5. The topological polar surface area (TPSA) is 98.7 Å². The van der Waals surface area contributed by atoms with Gasteiger partial charge in [-0.15, -0.1) is 0 Å². The molecule has 1 aromatic rings. The molecule has 1 aliphatic carbocycles. The Labute approximate surface area is 123 Å². The van der Waals surface area contributed by atoms with Crippen molar-refractivity contribution in [3.8, 4) is 0 Å². The van der Waals surface area contributed by atoms with Crippen molar-refractivity contribution in [3.05, 3.63) is 35.9 Å². The Balaban J connectivity index is 1.78. The van der Waals surface area contributed by atoms with Crippen LogP contribution in [0.4, 0.5) is 0 Å². The molecule has 0 heterocycles. The van der Waals surface area contributed by atoms with Crippen LogP contribution in [0.3, 0.4) is 0 Å². The van der Waals surface area contributed by atoms with E-state index < -0.39 is 18.2 Å². The molecule has 4 N–H and O–H groups in total. The highest BCUT2D eigenvalue weighted by Gasteiger charge is 2.31. The Hall–Kier alpha value is -1.92. The van der Waals surface area contributed by atoms with E-state index >= 15 is 0 Å². The molecular formula is C15H20N2O4. The minimum Gasteiger partial charge on any atom is -0.390 e. The lowest BCUT2D eigenvalue weighted by Crippen LogP contribution is -2.52. The molecule has 0 aliphatic heterocycles. The lowest BCUT2D eigenvalue weighted by molar-refractivity contribution is -0.123. The van der Waals surface area contributed by atoms with Gasteiger partial charge in [0.2, 0.25) is 5.91 Å². The van der Waals surface area contributed by atoms with Crippen LogP contribution in [0.15, 0.2) is 30.3 Å². The predicted molar refractivity (Wildman–Crippen MR) is 76.6 cm³/mol. The van der Waals surface area contributed by atoms with Crippen LogP contribution in [-0.4, -0.2) is 46.8 Å². The van der Waals surface area contributed by atoms with Crippen LogP contribution in [0.2, 0.25) is 0 Å². The number of carbonyl (C=O) groups is 2. The number of aliphatic hydroxyl groups excluding tert-OH is 2. The average molecular weight is 292 g/mol. The zero-order chi connectivity index (χ0) is 15.2. The Bertz CT molecular complexity index is 492. The smallest absolute Gasteiger partial charge is 0.251 e. The van der Waals surface area contributed by atoms with Crippen molar-refractivity contribution in [2.75, 3.05) is 6.54 Å². The van der Waals surface area contributed by atoms with E-state index in [0.29, 0.717) is 18.4 Å². The highest BCUT2D eigenvalue weighted by atomic mass is 16.3. The second-order valence-electron chi connectivity index (χ2n) is 5.21. The summed E-state index contributed by atoms with van der Waals surface area (Å²) in [7, 11) is 0. The van der Waals surface area contributed by atoms with Crippen molar-refractivity contribution in [1.29, 1.82) is 0 Å². The van der Waals surface area contributed by atoms with Crippen LogP contribution in [-0.2, 0) is 4.79 Å². The van der Waals surface area contributed by atoms with Crippen molar-refractivity contribution in [3.63, 3.8) is 0 Å². The van der Waals surface area contributed by atoms with Gasteiger partial charge in [0.25, 0.3) is 5.91 Å². The monoisotopic (exact) mass is 292 g/mol. The molecule has 1 aromatic carbocycles. The first-order chi connectivity index (χ1) is 10.1. The molecule has 6 heteroatoms. The van der Waals surface area contributed by atoms with E-state index in [2.05, 4.69) is 10.6 Å². The summed E-state index contributed by atoms with van der Waals surface area (Å²) in [5.41, 5.74) is 0.485. The molecule has 1 fully saturated rings. The van der Waals surface area contributed by atoms with E-state index in [1.54, 1.807) is 30.3 Å². The largest absolute Gasteiger partial charge is 0.390 e. The average Bonchev–Trinajstić information content (AvgIpc) is 2.50. The van der Waals surface area contributed by atoms with Crippen LogP contribution in [0.25, 0.3) is 0 Å². The van der Waals surface area contributed by atoms with E-state index in [-0.39, 0.29) is 18.4 Å². The summed E-state index contributed by atoms with van der Waals surface area (Å²) in [4.78, 5) is 23.6. The minimum atomic E-state index is -0.951. The zero-order valence-corrected chi connectivity index (χ0v) is 11.7. The number of aliphatic hydroxyl groups is 2. The van der Waals surface area contributed by atoms with Gasteiger partial charge in [0.05, 0.1) is 24.8 Å². The first-order valence-electron chi connectivity index (χ1n) is 7.06. The number of carbonyl (C=O) groups excluding carboxylic acids is 2. The Kier molecular flexibility index (Phi) is 5.30. The van der Waals surface area contributed by atoms with Crippen LogP contribution >= 0.6 is 0 Å². The molecule has 0 spiro atoms. The number of benzene rings is 1. The van der Waals surface area contributed by atoms with Gasteiger partial charge in [-0.25, -0.2) is 0 Å². The second kappa shape index (κ2) is 7.19. The number of hydrogen-bond acceptors (Lipinski definition) is 4. The van der Waals surface area contributed by atoms with Crippen molar-refractivity contribution in [2.45, 2.75) is 37.5 Å². The highest BCUT2D eigenvalue weighted by Crippen LogP contribution is 2.18. The van der Waals surface area contributed by atoms with Crippen molar-refractivity contribution >= 4 is 11.8 Å². The molecule has 0 bridgehead atoms. The molecule has 1 saturated carbocycles. The van der Waals surface area contributed by atoms with Gasteiger partial charge in [0.1, 0.15) is 0 Å². The van der Waals surface area contributed by atoms with E-state index in [1.807, 2.05) is 0 Å². The number of rotatable bonds is 4. The molecule has 0 saturated heterocycles. The number of hydrogen-bond donors (Lipinski definition) is 4. The van der Waals surface area contributed by atoms with E-state index in [4.69, 9.17) is 0 Å². The van der Waals surface area contributed by atoms with Crippen LogP contribution in [0.5, 0.6) is 0 Å². The predicted octanol–water partition coefficient (Wildman–Crippen LogP) is -0.193. The maximum atomic E-state index is 11.8. The molecule has 114 valence electrons. The van der Waals surface area contributed by atoms with E-state index in [0.717, 1.165) is 6.42 Å². The van der Waals surface area contributed by atoms with Gasteiger partial charge in [-0.1, -0.05) is 18.2 Å². The molecule has 21 heavy (non-hydrogen) atoms. The molecule has 1 aliphatic rings. The third-order valence-electron chi connectivity index (χ3n) is 3.61. The maximum Gasteiger partial charge on any atom is 0.251 e. The first-order valence-corrected chi connectivity index (χ1v) is 7.06. The standard InChI is InChI=1S/C15H20N2O4/c18-12-8-4-7-11(14(12)20)17-13(19)9-16-15(21)10-5-2-1-3-6-10/h1-3,5-6,11-12,14,18,20H,4,7-9H2,(H,16,21)(H,17,19)/t11-,12-,14-/m1/s1. The Morgan fingerprint density at radius 1 is 1.14 bits per heavy atom. The first kappa shape index (κ1) is 15.5. The van der Waals surface area contributed by atoms with E-state index in [9.17, 15) is 19.8 Å². The van der Waals surface area contributed by atoms with Crippen LogP contribution in [0.1, 0.15) is 29.6 Å². The molecule has 0 aromatic heterocycles. The number of nitrogens with one attached hydrogen (secondary N) is 2. The lowest BCUT2D eigenvalue weighted by atomic mass is 9.90. The highest BCUT2D eigenvalue weighted by molar-refractivity contribution is 5.96. The molecule has 0 radical (unpaired) electrons. The molecule has 3 atom stereocenters. The summed E-state index contributed by atoms with van der Waals surface area (Å²) in [6, 6.07) is 8.15. The third-order valence-corrected chi connectivity index (χ3v) is 3.61. The van der Waals surface area contributed by atoms with Crippen molar-refractivity contribution in [2.24, 2.45) is 0 Å². The molecule has 0 unspecified atom stereocenters. The van der Waals surface area contributed by atoms with Crippen molar-refractivity contribution < 1.29 is 19.8 Å². The summed E-state index contributed by atoms with van der Waals surface area (Å²) >= 11 is 0. The fourth-order valence-electron chi connectivity index (χ4n) is 2.42. The van der Waals surface area contributed by atoms with Crippen molar-refractivity contribution in [1.82, 2.24) is 10.6 Å². The normalized spacial score (nSPS) is 25.1. The van der Waals surface area contributed by atoms with Gasteiger partial charge < -0.3 is 20.8 Å². The quantitative estimate of drug-likeness (QED) is 0.618. The van der Waals surface area contributed by atoms with Gasteiger partial charge in [-0.3, -0.25) is 9.59 Å². The Morgan fingerprint density at radius 2 is 1.86 bits per heavy atom. The lowest BCUT2D eigenvalue weighted by Gasteiger charge is -2.32. The van der Waals surface area contributed by atoms with Gasteiger partial charge in [-0.2, -0.15) is 0 Å². The SMILES string of the molecule is O=C(CNC(=O)c1ccccc1)N[C@@H]1CCC[C@@H](O)[C@@H]1O. The fourth-order valence-corrected chi connectivity index (χ4v) is 2.42. The summed E-state index contributed by atoms with van der Waals surface area (Å²) in [6.07, 6.45) is 0.157. The fraction of sp³-hybridized carbons (Fsp3) is 0.467. The van der Waals surface area contributed by atoms with Crippen LogP contribution < -0.4 is 10.6 Å². The van der Waals surface area contributed by atoms with Gasteiger partial charge >= 0.3 is 0 Å². The third kappa shape index (κ3) is 4.27. The molecule has 2 amide bonds. The van der Waals surface area contributed by atoms with Crippen LogP contribution in [0, 0.1) is 0 Å². The second-order valence-corrected chi connectivity index (χ2v) is 5.21. The summed E-state index contributed by atoms with van der Waals surface area (Å²) in [6.45, 7) is -0.160. The molecular weight excluding hydrogens is 272 g/mol. The van der Waals surface area contributed by atoms with Gasteiger partial charge in [0.15, 0.2) is 0 Å².